The molecule has 0 bridgehead atoms. The minimum atomic E-state index is -0.162. The molecule has 2 heteroatoms. The maximum Gasteiger partial charge on any atom is 0.123 e. The van der Waals surface area contributed by atoms with E-state index in [4.69, 9.17) is 5.73 Å². The van der Waals surface area contributed by atoms with Gasteiger partial charge in [-0.15, -0.1) is 0 Å². The quantitative estimate of drug-likeness (QED) is 0.698. The fourth-order valence-electron chi connectivity index (χ4n) is 2.00. The van der Waals surface area contributed by atoms with Crippen molar-refractivity contribution in [3.8, 4) is 0 Å². The van der Waals surface area contributed by atoms with E-state index >= 15 is 0 Å². The van der Waals surface area contributed by atoms with Gasteiger partial charge in [-0.1, -0.05) is 44.7 Å². The third kappa shape index (κ3) is 4.31. The summed E-state index contributed by atoms with van der Waals surface area (Å²) in [4.78, 5) is 0. The molecule has 16 heavy (non-hydrogen) atoms. The van der Waals surface area contributed by atoms with Crippen molar-refractivity contribution in [1.82, 2.24) is 0 Å². The van der Waals surface area contributed by atoms with Gasteiger partial charge >= 0.3 is 0 Å². The monoisotopic (exact) mass is 223 g/mol. The normalized spacial score (nSPS) is 12.7. The first-order chi connectivity index (χ1) is 7.77. The zero-order valence-corrected chi connectivity index (χ0v) is 10.1. The van der Waals surface area contributed by atoms with Gasteiger partial charge in [-0.05, 0) is 36.6 Å². The van der Waals surface area contributed by atoms with Crippen LogP contribution in [0.3, 0.4) is 0 Å². The van der Waals surface area contributed by atoms with Crippen molar-refractivity contribution < 1.29 is 4.39 Å². The summed E-state index contributed by atoms with van der Waals surface area (Å²) in [5, 5.41) is 0. The second-order valence-corrected chi connectivity index (χ2v) is 4.34. The number of rotatable bonds is 7. The topological polar surface area (TPSA) is 26.0 Å². The molecule has 0 radical (unpaired) electrons. The molecule has 0 aliphatic carbocycles. The van der Waals surface area contributed by atoms with Crippen molar-refractivity contribution in [2.45, 2.75) is 44.9 Å². The van der Waals surface area contributed by atoms with E-state index in [1.807, 2.05) is 6.07 Å². The van der Waals surface area contributed by atoms with Crippen LogP contribution >= 0.6 is 0 Å². The van der Waals surface area contributed by atoms with Crippen LogP contribution in [0, 0.1) is 5.82 Å². The first-order valence-corrected chi connectivity index (χ1v) is 6.23. The lowest BCUT2D eigenvalue weighted by molar-refractivity contribution is 0.553. The van der Waals surface area contributed by atoms with Crippen LogP contribution in [0.25, 0.3) is 0 Å². The average molecular weight is 223 g/mol. The molecule has 0 aromatic heterocycles. The number of halogens is 1. The summed E-state index contributed by atoms with van der Waals surface area (Å²) in [5.74, 6) is 0.150. The Balaban J connectivity index is 2.47. The molecular weight excluding hydrogens is 201 g/mol. The zero-order valence-electron chi connectivity index (χ0n) is 10.1. The Hall–Kier alpha value is -0.890. The van der Waals surface area contributed by atoms with Crippen molar-refractivity contribution in [2.75, 3.05) is 6.54 Å². The first kappa shape index (κ1) is 13.2. The largest absolute Gasteiger partial charge is 0.330 e. The molecule has 2 N–H and O–H groups in total. The molecular formula is C14H22FN. The van der Waals surface area contributed by atoms with Crippen molar-refractivity contribution in [1.29, 1.82) is 0 Å². The average Bonchev–Trinajstić information content (AvgIpc) is 2.29. The molecule has 0 saturated carbocycles. The van der Waals surface area contributed by atoms with Crippen molar-refractivity contribution in [3.05, 3.63) is 35.6 Å². The predicted octanol–water partition coefficient (Wildman–Crippen LogP) is 3.84. The van der Waals surface area contributed by atoms with E-state index in [2.05, 4.69) is 6.92 Å². The van der Waals surface area contributed by atoms with Crippen LogP contribution in [0.5, 0.6) is 0 Å². The van der Waals surface area contributed by atoms with Crippen molar-refractivity contribution in [3.63, 3.8) is 0 Å². The molecule has 1 aromatic carbocycles. The predicted molar refractivity (Wildman–Crippen MR) is 67.0 cm³/mol. The number of nitrogens with two attached hydrogens (primary N) is 1. The summed E-state index contributed by atoms with van der Waals surface area (Å²) >= 11 is 0. The number of unbranched alkanes of at least 4 members (excludes halogenated alkanes) is 3. The SMILES string of the molecule is CCCCCCC(CN)c1cccc(F)c1. The Morgan fingerprint density at radius 2 is 2.06 bits per heavy atom. The molecule has 0 saturated heterocycles. The van der Waals surface area contributed by atoms with E-state index in [1.165, 1.54) is 31.7 Å². The van der Waals surface area contributed by atoms with Crippen LogP contribution in [-0.4, -0.2) is 6.54 Å². The molecule has 0 amide bonds. The molecule has 1 nitrogen and oxygen atoms in total. The second kappa shape index (κ2) is 7.39. The lowest BCUT2D eigenvalue weighted by Gasteiger charge is -2.15. The Morgan fingerprint density at radius 3 is 2.69 bits per heavy atom. The fraction of sp³-hybridized carbons (Fsp3) is 0.571. The molecule has 0 heterocycles. The number of benzene rings is 1. The van der Waals surface area contributed by atoms with Crippen LogP contribution in [0.1, 0.15) is 50.5 Å². The molecule has 1 unspecified atom stereocenters. The summed E-state index contributed by atoms with van der Waals surface area (Å²) in [5.41, 5.74) is 6.79. The molecule has 0 aliphatic heterocycles. The van der Waals surface area contributed by atoms with E-state index in [-0.39, 0.29) is 5.82 Å². The standard InChI is InChI=1S/C14H22FN/c1-2-3-4-5-7-13(11-16)12-8-6-9-14(15)10-12/h6,8-10,13H,2-5,7,11,16H2,1H3. The summed E-state index contributed by atoms with van der Waals surface area (Å²) < 4.78 is 13.1. The molecule has 0 fully saturated rings. The van der Waals surface area contributed by atoms with Gasteiger partial charge in [0.25, 0.3) is 0 Å². The van der Waals surface area contributed by atoms with E-state index < -0.39 is 0 Å². The van der Waals surface area contributed by atoms with Crippen molar-refractivity contribution in [2.24, 2.45) is 5.73 Å². The van der Waals surface area contributed by atoms with Crippen LogP contribution in [-0.2, 0) is 0 Å². The minimum absolute atomic E-state index is 0.162. The van der Waals surface area contributed by atoms with Crippen LogP contribution in [0.4, 0.5) is 4.39 Å². The lowest BCUT2D eigenvalue weighted by Crippen LogP contribution is -2.12. The molecule has 0 spiro atoms. The third-order valence-corrected chi connectivity index (χ3v) is 3.01. The summed E-state index contributed by atoms with van der Waals surface area (Å²) in [6, 6.07) is 6.82. The van der Waals surface area contributed by atoms with Gasteiger partial charge in [-0.25, -0.2) is 4.39 Å². The van der Waals surface area contributed by atoms with E-state index in [9.17, 15) is 4.39 Å². The molecule has 1 aromatic rings. The highest BCUT2D eigenvalue weighted by Gasteiger charge is 2.09. The fourth-order valence-corrected chi connectivity index (χ4v) is 2.00. The Kier molecular flexibility index (Phi) is 6.09. The second-order valence-electron chi connectivity index (χ2n) is 4.34. The molecule has 0 aliphatic rings. The molecule has 1 rings (SSSR count). The molecule has 1 atom stereocenters. The highest BCUT2D eigenvalue weighted by molar-refractivity contribution is 5.20. The maximum absolute atomic E-state index is 13.1. The van der Waals surface area contributed by atoms with Gasteiger partial charge in [-0.2, -0.15) is 0 Å². The summed E-state index contributed by atoms with van der Waals surface area (Å²) in [6.45, 7) is 2.81. The summed E-state index contributed by atoms with van der Waals surface area (Å²) in [6.07, 6.45) is 6.03. The number of hydrogen-bond acceptors (Lipinski definition) is 1. The highest BCUT2D eigenvalue weighted by atomic mass is 19.1. The first-order valence-electron chi connectivity index (χ1n) is 6.23. The molecule has 90 valence electrons. The van der Waals surface area contributed by atoms with Gasteiger partial charge in [0.05, 0.1) is 0 Å². The van der Waals surface area contributed by atoms with Gasteiger partial charge in [0.1, 0.15) is 5.82 Å². The Labute approximate surface area is 97.9 Å². The zero-order chi connectivity index (χ0) is 11.8. The minimum Gasteiger partial charge on any atom is -0.330 e. The van der Waals surface area contributed by atoms with Gasteiger partial charge in [0.2, 0.25) is 0 Å². The van der Waals surface area contributed by atoms with Crippen LogP contribution in [0.15, 0.2) is 24.3 Å². The van der Waals surface area contributed by atoms with Gasteiger partial charge in [0, 0.05) is 0 Å². The van der Waals surface area contributed by atoms with Crippen LogP contribution < -0.4 is 5.73 Å². The maximum atomic E-state index is 13.1. The van der Waals surface area contributed by atoms with E-state index in [0.29, 0.717) is 12.5 Å². The van der Waals surface area contributed by atoms with E-state index in [0.717, 1.165) is 12.0 Å². The Morgan fingerprint density at radius 1 is 1.25 bits per heavy atom. The summed E-state index contributed by atoms with van der Waals surface area (Å²) in [7, 11) is 0. The lowest BCUT2D eigenvalue weighted by atomic mass is 9.93. The Bertz CT molecular complexity index is 299. The number of hydrogen-bond donors (Lipinski definition) is 1. The van der Waals surface area contributed by atoms with Gasteiger partial charge in [-0.3, -0.25) is 0 Å². The van der Waals surface area contributed by atoms with Gasteiger partial charge < -0.3 is 5.73 Å². The van der Waals surface area contributed by atoms with Crippen LogP contribution in [0.2, 0.25) is 0 Å². The van der Waals surface area contributed by atoms with Crippen molar-refractivity contribution >= 4 is 0 Å². The van der Waals surface area contributed by atoms with Gasteiger partial charge in [0.15, 0.2) is 0 Å². The highest BCUT2D eigenvalue weighted by Crippen LogP contribution is 2.22. The smallest absolute Gasteiger partial charge is 0.123 e. The third-order valence-electron chi connectivity index (χ3n) is 3.01. The van der Waals surface area contributed by atoms with E-state index in [1.54, 1.807) is 12.1 Å².